The lowest BCUT2D eigenvalue weighted by atomic mass is 9.98. The minimum Gasteiger partial charge on any atom is -0.327 e. The van der Waals surface area contributed by atoms with Crippen LogP contribution in [-0.2, 0) is 5.41 Å². The number of aromatic nitrogens is 4. The molecule has 3 rings (SSSR count). The number of rotatable bonds is 2. The first-order chi connectivity index (χ1) is 10.9. The molecule has 2 N–H and O–H groups in total. The maximum absolute atomic E-state index is 12.9. The molecule has 1 fully saturated rings. The molecule has 2 aromatic heterocycles. The zero-order chi connectivity index (χ0) is 16.6. The Morgan fingerprint density at radius 1 is 1.39 bits per heavy atom. The SMILES string of the molecule is CC(C)(C)c1nc(C(=O)N2CCCC[C@@H]2c2n[nH]c(=O)[nH]2)cs1. The Balaban J connectivity index is 1.87. The Kier molecular flexibility index (Phi) is 4.09. The summed E-state index contributed by atoms with van der Waals surface area (Å²) in [7, 11) is 0. The molecule has 23 heavy (non-hydrogen) atoms. The third-order valence-electron chi connectivity index (χ3n) is 3.96. The monoisotopic (exact) mass is 335 g/mol. The molecule has 0 aromatic carbocycles. The van der Waals surface area contributed by atoms with Crippen LogP contribution in [-0.4, -0.2) is 37.5 Å². The molecule has 1 aliphatic rings. The van der Waals surface area contributed by atoms with E-state index in [1.807, 2.05) is 5.38 Å². The van der Waals surface area contributed by atoms with Gasteiger partial charge in [0.05, 0.1) is 11.0 Å². The molecule has 1 atom stereocenters. The predicted molar refractivity (Wildman–Crippen MR) is 87.7 cm³/mol. The second-order valence-corrected chi connectivity index (χ2v) is 7.72. The highest BCUT2D eigenvalue weighted by molar-refractivity contribution is 7.10. The van der Waals surface area contributed by atoms with Gasteiger partial charge >= 0.3 is 5.69 Å². The van der Waals surface area contributed by atoms with E-state index in [-0.39, 0.29) is 23.1 Å². The van der Waals surface area contributed by atoms with Crippen LogP contribution in [0.1, 0.15) is 67.4 Å². The molecule has 0 unspecified atom stereocenters. The van der Waals surface area contributed by atoms with Gasteiger partial charge in [0.15, 0.2) is 5.82 Å². The van der Waals surface area contributed by atoms with Gasteiger partial charge in [-0.1, -0.05) is 20.8 Å². The van der Waals surface area contributed by atoms with Gasteiger partial charge in [-0.3, -0.25) is 9.78 Å². The maximum atomic E-state index is 12.9. The fraction of sp³-hybridized carbons (Fsp3) is 0.600. The van der Waals surface area contributed by atoms with Crippen molar-refractivity contribution in [2.75, 3.05) is 6.54 Å². The summed E-state index contributed by atoms with van der Waals surface area (Å²) in [4.78, 5) is 33.1. The second-order valence-electron chi connectivity index (χ2n) is 6.86. The molecule has 0 saturated carbocycles. The summed E-state index contributed by atoms with van der Waals surface area (Å²) in [5.74, 6) is 0.430. The summed E-state index contributed by atoms with van der Waals surface area (Å²) in [5.41, 5.74) is 0.0594. The molecule has 3 heterocycles. The number of nitrogens with zero attached hydrogens (tertiary/aromatic N) is 3. The lowest BCUT2D eigenvalue weighted by molar-refractivity contribution is 0.0594. The molecular weight excluding hydrogens is 314 g/mol. The Morgan fingerprint density at radius 3 is 2.78 bits per heavy atom. The van der Waals surface area contributed by atoms with Gasteiger partial charge in [0, 0.05) is 17.3 Å². The van der Waals surface area contributed by atoms with E-state index in [0.29, 0.717) is 18.1 Å². The summed E-state index contributed by atoms with van der Waals surface area (Å²) in [5, 5.41) is 9.15. The normalized spacial score (nSPS) is 19.1. The van der Waals surface area contributed by atoms with Crippen LogP contribution in [0.2, 0.25) is 0 Å². The number of carbonyl (C=O) groups is 1. The molecule has 1 saturated heterocycles. The molecule has 0 aliphatic carbocycles. The standard InChI is InChI=1S/C15H21N5O2S/c1-15(2,3)13-16-9(8-23-13)12(21)20-7-5-4-6-10(20)11-17-14(22)19-18-11/h8,10H,4-7H2,1-3H3,(H2,17,18,19,22)/t10-/m1/s1. The zero-order valence-electron chi connectivity index (χ0n) is 13.5. The van der Waals surface area contributed by atoms with Crippen LogP contribution in [0.5, 0.6) is 0 Å². The lowest BCUT2D eigenvalue weighted by Gasteiger charge is -2.33. The fourth-order valence-electron chi connectivity index (χ4n) is 2.76. The Bertz CT molecular complexity index is 754. The number of hydrogen-bond acceptors (Lipinski definition) is 5. The molecule has 0 spiro atoms. The molecule has 7 nitrogen and oxygen atoms in total. The molecule has 2 aromatic rings. The first kappa shape index (κ1) is 15.9. The van der Waals surface area contributed by atoms with Crippen LogP contribution < -0.4 is 5.69 Å². The average molecular weight is 335 g/mol. The first-order valence-corrected chi connectivity index (χ1v) is 8.66. The minimum absolute atomic E-state index is 0.0715. The van der Waals surface area contributed by atoms with Crippen molar-refractivity contribution in [3.05, 3.63) is 32.4 Å². The molecule has 1 aliphatic heterocycles. The van der Waals surface area contributed by atoms with Crippen molar-refractivity contribution in [3.63, 3.8) is 0 Å². The van der Waals surface area contributed by atoms with Crippen LogP contribution >= 0.6 is 11.3 Å². The number of piperidine rings is 1. The van der Waals surface area contributed by atoms with Crippen molar-refractivity contribution < 1.29 is 4.79 Å². The number of amides is 1. The van der Waals surface area contributed by atoms with E-state index >= 15 is 0 Å². The van der Waals surface area contributed by atoms with E-state index in [1.165, 1.54) is 11.3 Å². The van der Waals surface area contributed by atoms with E-state index in [4.69, 9.17) is 0 Å². The molecule has 1 amide bonds. The lowest BCUT2D eigenvalue weighted by Crippen LogP contribution is -2.39. The Hall–Kier alpha value is -1.96. The first-order valence-electron chi connectivity index (χ1n) is 7.78. The third-order valence-corrected chi connectivity index (χ3v) is 5.23. The summed E-state index contributed by atoms with van der Waals surface area (Å²) >= 11 is 1.51. The summed E-state index contributed by atoms with van der Waals surface area (Å²) in [6.07, 6.45) is 2.75. The highest BCUT2D eigenvalue weighted by Crippen LogP contribution is 2.31. The van der Waals surface area contributed by atoms with Crippen LogP contribution in [0, 0.1) is 0 Å². The predicted octanol–water partition coefficient (Wildman–Crippen LogP) is 2.22. The number of likely N-dealkylation sites (tertiary alicyclic amines) is 1. The number of nitrogens with one attached hydrogen (secondary N) is 2. The smallest absolute Gasteiger partial charge is 0.327 e. The largest absolute Gasteiger partial charge is 0.340 e. The highest BCUT2D eigenvalue weighted by Gasteiger charge is 2.32. The highest BCUT2D eigenvalue weighted by atomic mass is 32.1. The summed E-state index contributed by atoms with van der Waals surface area (Å²) < 4.78 is 0. The van der Waals surface area contributed by atoms with Crippen LogP contribution in [0.15, 0.2) is 10.2 Å². The van der Waals surface area contributed by atoms with Crippen molar-refractivity contribution in [3.8, 4) is 0 Å². The maximum Gasteiger partial charge on any atom is 0.340 e. The van der Waals surface area contributed by atoms with E-state index in [0.717, 1.165) is 24.3 Å². The molecule has 124 valence electrons. The van der Waals surface area contributed by atoms with E-state index < -0.39 is 0 Å². The van der Waals surface area contributed by atoms with Crippen molar-refractivity contribution in [2.24, 2.45) is 0 Å². The van der Waals surface area contributed by atoms with Crippen LogP contribution in [0.3, 0.4) is 0 Å². The number of thiazole rings is 1. The van der Waals surface area contributed by atoms with Crippen molar-refractivity contribution >= 4 is 17.2 Å². The molecule has 0 bridgehead atoms. The topological polar surface area (TPSA) is 94.7 Å². The van der Waals surface area contributed by atoms with Gasteiger partial charge in [0.25, 0.3) is 5.91 Å². The van der Waals surface area contributed by atoms with Crippen molar-refractivity contribution in [2.45, 2.75) is 51.5 Å². The van der Waals surface area contributed by atoms with Crippen molar-refractivity contribution in [1.29, 1.82) is 0 Å². The Labute approximate surface area is 138 Å². The van der Waals surface area contributed by atoms with Gasteiger partial charge in [-0.05, 0) is 19.3 Å². The average Bonchev–Trinajstić information content (AvgIpc) is 3.15. The van der Waals surface area contributed by atoms with Gasteiger partial charge in [-0.25, -0.2) is 14.9 Å². The summed E-state index contributed by atoms with van der Waals surface area (Å²) in [6.45, 7) is 6.90. The van der Waals surface area contributed by atoms with Gasteiger partial charge < -0.3 is 4.90 Å². The van der Waals surface area contributed by atoms with Gasteiger partial charge in [0.1, 0.15) is 5.69 Å². The number of aromatic amines is 2. The second kappa shape index (κ2) is 5.92. The van der Waals surface area contributed by atoms with Gasteiger partial charge in [-0.15, -0.1) is 11.3 Å². The minimum atomic E-state index is -0.346. The van der Waals surface area contributed by atoms with Gasteiger partial charge in [0.2, 0.25) is 0 Å². The molecule has 8 heteroatoms. The van der Waals surface area contributed by atoms with E-state index in [9.17, 15) is 9.59 Å². The Morgan fingerprint density at radius 2 is 2.17 bits per heavy atom. The quantitative estimate of drug-likeness (QED) is 0.880. The summed E-state index contributed by atoms with van der Waals surface area (Å²) in [6, 6.07) is -0.199. The van der Waals surface area contributed by atoms with Gasteiger partial charge in [-0.2, -0.15) is 5.10 Å². The molecular formula is C15H21N5O2S. The molecule has 0 radical (unpaired) electrons. The number of H-pyrrole nitrogens is 2. The fourth-order valence-corrected chi connectivity index (χ4v) is 3.64. The number of carbonyl (C=O) groups excluding carboxylic acids is 1. The van der Waals surface area contributed by atoms with Crippen molar-refractivity contribution in [1.82, 2.24) is 25.1 Å². The zero-order valence-corrected chi connectivity index (χ0v) is 14.4. The third kappa shape index (κ3) is 3.21. The van der Waals surface area contributed by atoms with E-state index in [2.05, 4.69) is 40.9 Å². The van der Waals surface area contributed by atoms with Crippen LogP contribution in [0.25, 0.3) is 0 Å². The van der Waals surface area contributed by atoms with Crippen LogP contribution in [0.4, 0.5) is 0 Å². The number of hydrogen-bond donors (Lipinski definition) is 2. The van der Waals surface area contributed by atoms with E-state index in [1.54, 1.807) is 4.90 Å².